The summed E-state index contributed by atoms with van der Waals surface area (Å²) in [6, 6.07) is -1.29. The Labute approximate surface area is 600 Å². The van der Waals surface area contributed by atoms with Crippen LogP contribution in [0.15, 0.2) is 10.2 Å². The Morgan fingerprint density at radius 2 is 0.980 bits per heavy atom. The van der Waals surface area contributed by atoms with E-state index in [4.69, 9.17) is 63.5 Å². The van der Waals surface area contributed by atoms with Crippen molar-refractivity contribution in [3.63, 3.8) is 0 Å². The number of ketones is 2. The van der Waals surface area contributed by atoms with Gasteiger partial charge in [-0.05, 0) is 184 Å². The number of aliphatic hydroxyl groups excluding tert-OH is 2. The Morgan fingerprint density at radius 3 is 1.34 bits per heavy atom. The molecule has 578 valence electrons. The largest absolute Gasteiger partial charge is 0.458 e. The maximum absolute atomic E-state index is 14.2. The lowest BCUT2D eigenvalue weighted by Gasteiger charge is -2.46. The number of amides is 2. The Hall–Kier alpha value is -4.94. The second-order valence-electron chi connectivity index (χ2n) is 29.7. The molecule has 4 N–H and O–H groups in total. The third-order valence-electron chi connectivity index (χ3n) is 21.5. The van der Waals surface area contributed by atoms with Crippen LogP contribution in [0.2, 0.25) is 0 Å². The molecule has 6 rings (SSSR count). The molecule has 0 aliphatic carbocycles. The normalized spacial score (nSPS) is 38.8. The number of esters is 2. The van der Waals surface area contributed by atoms with Crippen LogP contribution >= 0.6 is 8.46 Å². The Kier molecular flexibility index (Phi) is 35.5. The topological polar surface area (TPSA) is 387 Å². The first-order valence-electron chi connectivity index (χ1n) is 36.0. The number of methoxy groups -OCH3 is 2. The van der Waals surface area contributed by atoms with Crippen molar-refractivity contribution in [3.8, 4) is 0 Å². The molecule has 0 spiro atoms. The molecule has 6 aliphatic heterocycles. The van der Waals surface area contributed by atoms with E-state index in [0.717, 1.165) is 7.11 Å². The summed E-state index contributed by atoms with van der Waals surface area (Å²) < 4.78 is 74.7. The molecule has 6 unspecified atom stereocenters. The van der Waals surface area contributed by atoms with E-state index in [1.807, 2.05) is 79.5 Å². The number of hydrogen-bond acceptors (Lipinski definition) is 25. The molecule has 6 heterocycles. The molecule has 0 bridgehead atoms. The first-order chi connectivity index (χ1) is 47.6. The van der Waals surface area contributed by atoms with E-state index in [0.29, 0.717) is 117 Å². The van der Waals surface area contributed by atoms with Crippen molar-refractivity contribution in [2.24, 2.45) is 45.7 Å². The van der Waals surface area contributed by atoms with Crippen molar-refractivity contribution in [2.45, 2.75) is 269 Å². The fourth-order valence-corrected chi connectivity index (χ4v) is 16.4. The first kappa shape index (κ1) is 88.5. The van der Waals surface area contributed by atoms with Gasteiger partial charge in [0.2, 0.25) is 0 Å². The summed E-state index contributed by atoms with van der Waals surface area (Å²) in [5.41, 5.74) is 12.3. The number of rotatable bonds is 21. The van der Waals surface area contributed by atoms with Crippen LogP contribution in [0, 0.1) is 35.5 Å². The molecule has 0 aromatic rings. The maximum Gasteiger partial charge on any atom is 0.410 e. The predicted octanol–water partition coefficient (Wildman–Crippen LogP) is 8.24. The molecule has 6 saturated heterocycles. The van der Waals surface area contributed by atoms with Crippen LogP contribution in [0.4, 0.5) is 9.59 Å². The van der Waals surface area contributed by atoms with Gasteiger partial charge in [-0.1, -0.05) is 51.8 Å². The van der Waals surface area contributed by atoms with Crippen molar-refractivity contribution in [1.82, 2.24) is 30.2 Å². The predicted molar refractivity (Wildman–Crippen MR) is 377 cm³/mol. The van der Waals surface area contributed by atoms with Crippen LogP contribution in [-0.2, 0) is 71.1 Å². The number of ether oxygens (including phenoxy) is 10. The molecule has 0 radical (unpaired) electrons. The summed E-state index contributed by atoms with van der Waals surface area (Å²) in [7, 11) is 11.7. The summed E-state index contributed by atoms with van der Waals surface area (Å²) in [5, 5.41) is 32.6. The minimum atomic E-state index is -1.20. The zero-order valence-corrected chi connectivity index (χ0v) is 64.9. The number of Topliss-reactive ketones (excluding diaryl/α,β-unsaturated/α-hetero) is 2. The van der Waals surface area contributed by atoms with Gasteiger partial charge in [0.25, 0.3) is 0 Å². The number of unbranched alkanes of at least 4 members (excludes halogenated alkanes) is 2. The van der Waals surface area contributed by atoms with E-state index in [1.54, 1.807) is 51.7 Å². The average molecular weight is 1460 g/mol. The smallest absolute Gasteiger partial charge is 0.410 e. The van der Waals surface area contributed by atoms with E-state index in [-0.39, 0.29) is 44.6 Å². The van der Waals surface area contributed by atoms with E-state index >= 15 is 0 Å². The highest BCUT2D eigenvalue weighted by molar-refractivity contribution is 7.25. The minimum Gasteiger partial charge on any atom is -0.458 e. The van der Waals surface area contributed by atoms with Gasteiger partial charge in [-0.3, -0.25) is 33.5 Å². The quantitative estimate of drug-likeness (QED) is 0.0123. The highest BCUT2D eigenvalue weighted by atomic mass is 31.1. The number of azide groups is 2. The zero-order chi connectivity index (χ0) is 76.1. The molecule has 32 heteroatoms. The number of nitrogens with one attached hydrogen (secondary N) is 2. The number of hydrogen-bond donors (Lipinski definition) is 4. The fourth-order valence-electron chi connectivity index (χ4n) is 15.6. The Bertz CT molecular complexity index is 2790. The molecule has 0 aromatic heterocycles. The standard InChI is InChI=1S/C34H59N6O9P.C34H60N6O9.CH4O/c1-11-26-34(7)25(40(32(43)49-34)15-13-12-14-37-38-35)19-36-18-20(2)17-33(6,45-10)29(22(4)27(41)23(5)30(42)47-26)48-31-28(50-44)24(39(8)9)16-21(3)46-31;1-11-26-34(7)25(40(32(44)49-34)15-13-12-14-37-38-35)19-36-18-20(2)17-33(6,45-10)29(22(4)27(41)23(5)30(43)47-26)48-31-28(42)24(39(8)9)16-21(3)46-31;1-2/h20-26,28-29,31,36H,11-19H2,1-10H3;20-26,28-29,31,36,42H,11-19H2,1-10H3;2H,1H3/t2*20-,21?,22+,23-,24?,25-,26-,28?,29-,31+,33-,34+;/m11./s1. The van der Waals surface area contributed by atoms with Crippen molar-refractivity contribution in [2.75, 3.05) is 102 Å². The second-order valence-corrected chi connectivity index (χ2v) is 30.5. The molecule has 24 atom stereocenters. The fraction of sp³-hybridized carbons (Fsp3) is 0.913. The second kappa shape index (κ2) is 40.5. The summed E-state index contributed by atoms with van der Waals surface area (Å²) in [6.45, 7) is 28.7. The number of cyclic esters (lactones) is 2. The summed E-state index contributed by atoms with van der Waals surface area (Å²) in [5.74, 6) is -6.26. The maximum atomic E-state index is 14.2. The third kappa shape index (κ3) is 22.1. The number of fused-ring (bicyclic) bond motifs is 2. The van der Waals surface area contributed by atoms with Gasteiger partial charge >= 0.3 is 24.1 Å². The van der Waals surface area contributed by atoms with E-state index in [1.165, 1.54) is 13.8 Å². The lowest BCUT2D eigenvalue weighted by molar-refractivity contribution is -0.295. The van der Waals surface area contributed by atoms with Crippen molar-refractivity contribution in [3.05, 3.63) is 20.9 Å². The number of nitrogens with zero attached hydrogens (tertiary/aromatic N) is 10. The highest BCUT2D eigenvalue weighted by Gasteiger charge is 2.59. The lowest BCUT2D eigenvalue weighted by Crippen LogP contribution is -2.59. The number of aliphatic hydroxyl groups is 2. The van der Waals surface area contributed by atoms with Gasteiger partial charge in [0.15, 0.2) is 43.8 Å². The van der Waals surface area contributed by atoms with Crippen molar-refractivity contribution in [1.29, 1.82) is 0 Å². The number of carbonyl (C=O) groups excluding carboxylic acids is 6. The monoisotopic (exact) mass is 1450 g/mol. The van der Waals surface area contributed by atoms with E-state index in [9.17, 15) is 38.4 Å². The van der Waals surface area contributed by atoms with Gasteiger partial charge in [0.1, 0.15) is 35.8 Å². The molecular weight excluding hydrogens is 1330 g/mol. The molecule has 6 aliphatic rings. The van der Waals surface area contributed by atoms with E-state index in [2.05, 4.69) is 44.5 Å². The molecular formula is C69H123N12O19P. The van der Waals surface area contributed by atoms with Crippen LogP contribution in [0.25, 0.3) is 20.9 Å². The van der Waals surface area contributed by atoms with Gasteiger partial charge in [-0.2, -0.15) is 0 Å². The van der Waals surface area contributed by atoms with Gasteiger partial charge in [0.05, 0.1) is 47.7 Å². The van der Waals surface area contributed by atoms with Crippen LogP contribution in [-0.4, -0.2) is 275 Å². The Morgan fingerprint density at radius 1 is 0.604 bits per heavy atom. The summed E-state index contributed by atoms with van der Waals surface area (Å²) in [4.78, 5) is 95.4. The van der Waals surface area contributed by atoms with Gasteiger partial charge in [0, 0.05) is 94.3 Å². The van der Waals surface area contributed by atoms with Crippen LogP contribution < -0.4 is 10.6 Å². The zero-order valence-electron chi connectivity index (χ0n) is 64.0. The SMILES string of the molecule is CC[C@H]1OC(=O)[C@H](C)C(=O)[C@H](C)[C@@H](O[C@@H]2OC(C)CC(N(C)C)C2O)[C@](C)(OC)C[C@@H](C)CNC[C@H]2N(CCCCN=[N+]=[N-])C(=O)O[C@]12C.CC[C@H]1OC(=O)[C@H](C)C(=O)[C@H](C)[C@@H](O[C@@H]2OC(C)CC(N(C)C)C2P=O)[C@](C)(OC)C[C@@H](C)CNC[C@H]2N(CCCCN=[N+]=[N-])C(=O)O[C@]12C.CO. The Balaban J connectivity index is 0.000000418. The van der Waals surface area contributed by atoms with Crippen molar-refractivity contribution < 1.29 is 90.9 Å². The van der Waals surface area contributed by atoms with Gasteiger partial charge < -0.3 is 78.0 Å². The minimum absolute atomic E-state index is 0.00600. The van der Waals surface area contributed by atoms with Crippen LogP contribution in [0.1, 0.15) is 161 Å². The molecule has 0 aromatic carbocycles. The molecule has 2 amide bonds. The van der Waals surface area contributed by atoms with Crippen molar-refractivity contribution >= 4 is 44.2 Å². The molecule has 101 heavy (non-hydrogen) atoms. The van der Waals surface area contributed by atoms with E-state index < -0.39 is 143 Å². The summed E-state index contributed by atoms with van der Waals surface area (Å²) >= 11 is 0. The van der Waals surface area contributed by atoms with Crippen LogP contribution in [0.3, 0.4) is 0 Å². The van der Waals surface area contributed by atoms with Crippen LogP contribution in [0.5, 0.6) is 0 Å². The summed E-state index contributed by atoms with van der Waals surface area (Å²) in [6.07, 6.45) is -2.45. The van der Waals surface area contributed by atoms with Gasteiger partial charge in [-0.25, -0.2) is 9.59 Å². The molecule has 0 saturated carbocycles. The highest BCUT2D eigenvalue weighted by Crippen LogP contribution is 2.43. The third-order valence-corrected chi connectivity index (χ3v) is 22.4. The average Bonchev–Trinajstić information content (AvgIpc) is 1.66. The van der Waals surface area contributed by atoms with Gasteiger partial charge in [-0.15, -0.1) is 0 Å². The molecule has 31 nitrogen and oxygen atoms in total. The number of carbonyl (C=O) groups is 6. The lowest BCUT2D eigenvalue weighted by atomic mass is 9.78. The molecule has 6 fully saturated rings. The first-order valence-corrected chi connectivity index (χ1v) is 36.9. The number of likely N-dealkylation sites (N-methyl/N-ethyl adjacent to an activating group) is 1.